The van der Waals surface area contributed by atoms with E-state index in [9.17, 15) is 13.2 Å². The number of nitrogens with zero attached hydrogens (tertiary/aromatic N) is 2. The van der Waals surface area contributed by atoms with E-state index in [0.717, 1.165) is 5.56 Å². The summed E-state index contributed by atoms with van der Waals surface area (Å²) in [5.41, 5.74) is 1.83. The molecule has 2 rings (SSSR count). The molecule has 0 spiro atoms. The Kier molecular flexibility index (Phi) is 9.91. The summed E-state index contributed by atoms with van der Waals surface area (Å²) in [6.45, 7) is -2.28. The fourth-order valence-corrected chi connectivity index (χ4v) is 2.47. The second-order valence-electron chi connectivity index (χ2n) is 5.95. The standard InChI is InChI=1S/C19H23F3N4O.HI/c1-23-19(24-11-13-8-9-16(26(2)3)15(20)10-13)25-12-14-6-4-5-7-17(14)27-18(21)22;/h4-10,18H,11-12H2,1-3H3,(H2,23,24,25);1H. The number of nitrogens with one attached hydrogen (secondary N) is 2. The van der Waals surface area contributed by atoms with Crippen molar-refractivity contribution < 1.29 is 17.9 Å². The van der Waals surface area contributed by atoms with E-state index in [0.29, 0.717) is 23.8 Å². The predicted octanol–water partition coefficient (Wildman–Crippen LogP) is 3.98. The van der Waals surface area contributed by atoms with Crippen molar-refractivity contribution >= 4 is 35.6 Å². The van der Waals surface area contributed by atoms with E-state index in [1.165, 1.54) is 12.1 Å². The molecule has 2 N–H and O–H groups in total. The van der Waals surface area contributed by atoms with Crippen LogP contribution in [0.4, 0.5) is 18.9 Å². The number of hydrogen-bond donors (Lipinski definition) is 2. The first kappa shape index (κ1) is 23.9. The van der Waals surface area contributed by atoms with Crippen LogP contribution in [0.5, 0.6) is 5.75 Å². The number of anilines is 1. The van der Waals surface area contributed by atoms with Crippen molar-refractivity contribution in [2.24, 2.45) is 4.99 Å². The van der Waals surface area contributed by atoms with E-state index >= 15 is 0 Å². The van der Waals surface area contributed by atoms with Gasteiger partial charge >= 0.3 is 6.61 Å². The maximum absolute atomic E-state index is 14.0. The van der Waals surface area contributed by atoms with Gasteiger partial charge in [-0.2, -0.15) is 8.78 Å². The molecule has 2 aromatic rings. The minimum atomic E-state index is -2.89. The van der Waals surface area contributed by atoms with Crippen LogP contribution in [0.25, 0.3) is 0 Å². The van der Waals surface area contributed by atoms with Gasteiger partial charge in [0.25, 0.3) is 0 Å². The van der Waals surface area contributed by atoms with Gasteiger partial charge in [-0.3, -0.25) is 4.99 Å². The Morgan fingerprint density at radius 2 is 1.79 bits per heavy atom. The molecule has 0 aliphatic rings. The van der Waals surface area contributed by atoms with Gasteiger partial charge in [0.15, 0.2) is 5.96 Å². The molecule has 0 aliphatic carbocycles. The van der Waals surface area contributed by atoms with Crippen LogP contribution in [0, 0.1) is 5.82 Å². The fraction of sp³-hybridized carbons (Fsp3) is 0.316. The monoisotopic (exact) mass is 508 g/mol. The first-order valence-corrected chi connectivity index (χ1v) is 8.33. The normalized spacial score (nSPS) is 11.0. The molecule has 0 radical (unpaired) electrons. The van der Waals surface area contributed by atoms with Gasteiger partial charge in [-0.1, -0.05) is 24.3 Å². The van der Waals surface area contributed by atoms with Crippen LogP contribution in [0.1, 0.15) is 11.1 Å². The van der Waals surface area contributed by atoms with Gasteiger partial charge in [0.2, 0.25) is 0 Å². The molecule has 0 heterocycles. The smallest absolute Gasteiger partial charge is 0.387 e. The van der Waals surface area contributed by atoms with E-state index < -0.39 is 6.61 Å². The lowest BCUT2D eigenvalue weighted by Crippen LogP contribution is -2.36. The van der Waals surface area contributed by atoms with E-state index in [2.05, 4.69) is 20.4 Å². The maximum Gasteiger partial charge on any atom is 0.387 e. The van der Waals surface area contributed by atoms with E-state index in [1.807, 2.05) is 6.07 Å². The molecule has 0 aliphatic heterocycles. The second-order valence-corrected chi connectivity index (χ2v) is 5.95. The summed E-state index contributed by atoms with van der Waals surface area (Å²) in [5, 5.41) is 6.09. The number of ether oxygens (including phenoxy) is 1. The van der Waals surface area contributed by atoms with Crippen LogP contribution < -0.4 is 20.3 Å². The Hall–Kier alpha value is -2.17. The molecule has 0 fully saturated rings. The van der Waals surface area contributed by atoms with E-state index in [-0.39, 0.29) is 42.1 Å². The van der Waals surface area contributed by atoms with Crippen LogP contribution in [-0.2, 0) is 13.1 Å². The van der Waals surface area contributed by atoms with E-state index in [1.54, 1.807) is 50.3 Å². The third-order valence-electron chi connectivity index (χ3n) is 3.81. The molecule has 0 bridgehead atoms. The van der Waals surface area contributed by atoms with Crippen molar-refractivity contribution in [3.63, 3.8) is 0 Å². The van der Waals surface area contributed by atoms with Gasteiger partial charge in [0, 0.05) is 39.8 Å². The topological polar surface area (TPSA) is 48.9 Å². The van der Waals surface area contributed by atoms with Crippen molar-refractivity contribution in [3.05, 3.63) is 59.4 Å². The summed E-state index contributed by atoms with van der Waals surface area (Å²) >= 11 is 0. The third kappa shape index (κ3) is 7.10. The summed E-state index contributed by atoms with van der Waals surface area (Å²) < 4.78 is 43.5. The number of rotatable bonds is 7. The zero-order valence-electron chi connectivity index (χ0n) is 15.9. The molecule has 0 saturated carbocycles. The number of halogens is 4. The van der Waals surface area contributed by atoms with Crippen LogP contribution in [-0.4, -0.2) is 33.7 Å². The Morgan fingerprint density at radius 3 is 2.39 bits per heavy atom. The van der Waals surface area contributed by atoms with Crippen LogP contribution in [0.2, 0.25) is 0 Å². The Labute approximate surface area is 180 Å². The number of hydrogen-bond acceptors (Lipinski definition) is 3. The molecular weight excluding hydrogens is 484 g/mol. The highest BCUT2D eigenvalue weighted by Crippen LogP contribution is 2.20. The summed E-state index contributed by atoms with van der Waals surface area (Å²) in [6.07, 6.45) is 0. The number of alkyl halides is 2. The molecule has 5 nitrogen and oxygen atoms in total. The van der Waals surface area contributed by atoms with Crippen molar-refractivity contribution in [1.82, 2.24) is 10.6 Å². The average Bonchev–Trinajstić information content (AvgIpc) is 2.62. The molecule has 9 heteroatoms. The lowest BCUT2D eigenvalue weighted by Gasteiger charge is -2.16. The van der Waals surface area contributed by atoms with Crippen LogP contribution in [0.3, 0.4) is 0 Å². The van der Waals surface area contributed by atoms with Crippen LogP contribution in [0.15, 0.2) is 47.5 Å². The highest BCUT2D eigenvalue weighted by molar-refractivity contribution is 14.0. The first-order valence-electron chi connectivity index (χ1n) is 8.33. The summed E-state index contributed by atoms with van der Waals surface area (Å²) in [4.78, 5) is 5.78. The first-order chi connectivity index (χ1) is 12.9. The van der Waals surface area contributed by atoms with Gasteiger partial charge in [0.1, 0.15) is 11.6 Å². The lowest BCUT2D eigenvalue weighted by molar-refractivity contribution is -0.0504. The maximum atomic E-state index is 14.0. The van der Waals surface area contributed by atoms with E-state index in [4.69, 9.17) is 0 Å². The van der Waals surface area contributed by atoms with Gasteiger partial charge in [-0.05, 0) is 23.8 Å². The number of benzene rings is 2. The summed E-state index contributed by atoms with van der Waals surface area (Å²) in [5.74, 6) is 0.260. The molecule has 2 aromatic carbocycles. The molecule has 0 aromatic heterocycles. The molecule has 0 saturated heterocycles. The quantitative estimate of drug-likeness (QED) is 0.338. The largest absolute Gasteiger partial charge is 0.434 e. The zero-order valence-corrected chi connectivity index (χ0v) is 18.2. The summed E-state index contributed by atoms with van der Waals surface area (Å²) in [6, 6.07) is 11.5. The molecule has 0 unspecified atom stereocenters. The average molecular weight is 508 g/mol. The Morgan fingerprint density at radius 1 is 1.11 bits per heavy atom. The SMILES string of the molecule is CN=C(NCc1ccc(N(C)C)c(F)c1)NCc1ccccc1OC(F)F.I. The minimum absolute atomic E-state index is 0. The molecule has 0 amide bonds. The number of guanidine groups is 1. The highest BCUT2D eigenvalue weighted by Gasteiger charge is 2.10. The molecule has 28 heavy (non-hydrogen) atoms. The zero-order chi connectivity index (χ0) is 19.8. The Bertz CT molecular complexity index is 788. The lowest BCUT2D eigenvalue weighted by atomic mass is 10.2. The van der Waals surface area contributed by atoms with Crippen molar-refractivity contribution in [1.29, 1.82) is 0 Å². The second kappa shape index (κ2) is 11.6. The van der Waals surface area contributed by atoms with Gasteiger partial charge < -0.3 is 20.3 Å². The Balaban J connectivity index is 0.00000392. The predicted molar refractivity (Wildman–Crippen MR) is 116 cm³/mol. The van der Waals surface area contributed by atoms with Crippen LogP contribution >= 0.6 is 24.0 Å². The van der Waals surface area contributed by atoms with Crippen molar-refractivity contribution in [2.75, 3.05) is 26.0 Å². The number of aliphatic imine (C=N–C) groups is 1. The van der Waals surface area contributed by atoms with Crippen molar-refractivity contribution in [2.45, 2.75) is 19.7 Å². The highest BCUT2D eigenvalue weighted by atomic mass is 127. The van der Waals surface area contributed by atoms with Crippen molar-refractivity contribution in [3.8, 4) is 5.75 Å². The molecule has 154 valence electrons. The molecule has 0 atom stereocenters. The molecular formula is C19H24F3IN4O. The van der Waals surface area contributed by atoms with Gasteiger partial charge in [0.05, 0.1) is 5.69 Å². The van der Waals surface area contributed by atoms with Gasteiger partial charge in [-0.15, -0.1) is 24.0 Å². The van der Waals surface area contributed by atoms with Gasteiger partial charge in [-0.25, -0.2) is 4.39 Å². The summed E-state index contributed by atoms with van der Waals surface area (Å²) in [7, 11) is 5.14. The third-order valence-corrected chi connectivity index (χ3v) is 3.81. The minimum Gasteiger partial charge on any atom is -0.434 e. The number of para-hydroxylation sites is 1. The fourth-order valence-electron chi connectivity index (χ4n) is 2.47.